The summed E-state index contributed by atoms with van der Waals surface area (Å²) >= 11 is 1.46. The standard InChI is InChI=1S/C25H27FO3S/c1-5-6-12-29-25-17(15(2)3)8-7-9-18(25)24-19-14-22(16(4)13-23(27)28)30-21(19)11-10-20(24)26/h7-11,13-15H,5-6,12H2,1-4H3,(H,27,28)/b16-13+. The van der Waals surface area contributed by atoms with Crippen LogP contribution >= 0.6 is 11.3 Å². The zero-order valence-electron chi connectivity index (χ0n) is 17.8. The van der Waals surface area contributed by atoms with Crippen molar-refractivity contribution < 1.29 is 19.0 Å². The normalized spacial score (nSPS) is 12.0. The van der Waals surface area contributed by atoms with Gasteiger partial charge in [-0.3, -0.25) is 0 Å². The van der Waals surface area contributed by atoms with Crippen LogP contribution in [0.5, 0.6) is 5.75 Å². The molecule has 3 rings (SSSR count). The van der Waals surface area contributed by atoms with Gasteiger partial charge in [-0.15, -0.1) is 11.3 Å². The molecule has 2 aromatic carbocycles. The fraction of sp³-hybridized carbons (Fsp3) is 0.320. The summed E-state index contributed by atoms with van der Waals surface area (Å²) in [6.07, 6.45) is 3.13. The maximum Gasteiger partial charge on any atom is 0.328 e. The summed E-state index contributed by atoms with van der Waals surface area (Å²) in [5, 5.41) is 9.84. The van der Waals surface area contributed by atoms with Gasteiger partial charge >= 0.3 is 5.97 Å². The summed E-state index contributed by atoms with van der Waals surface area (Å²) in [5.74, 6) is -0.332. The molecule has 1 N–H and O–H groups in total. The minimum absolute atomic E-state index is 0.239. The second-order valence-electron chi connectivity index (χ2n) is 7.69. The van der Waals surface area contributed by atoms with Gasteiger partial charge < -0.3 is 9.84 Å². The quantitative estimate of drug-likeness (QED) is 0.300. The summed E-state index contributed by atoms with van der Waals surface area (Å²) in [5.41, 5.74) is 2.94. The molecule has 0 radical (unpaired) electrons. The van der Waals surface area contributed by atoms with Crippen LogP contribution in [0.15, 0.2) is 42.5 Å². The first-order valence-electron chi connectivity index (χ1n) is 10.2. The van der Waals surface area contributed by atoms with E-state index in [1.54, 1.807) is 13.0 Å². The molecular formula is C25H27FO3S. The molecule has 1 aromatic heterocycles. The summed E-state index contributed by atoms with van der Waals surface area (Å²) in [4.78, 5) is 11.9. The van der Waals surface area contributed by atoms with Crippen LogP contribution in [0.3, 0.4) is 0 Å². The molecule has 3 nitrogen and oxygen atoms in total. The van der Waals surface area contributed by atoms with E-state index in [0.717, 1.165) is 44.7 Å². The van der Waals surface area contributed by atoms with E-state index in [1.807, 2.05) is 24.3 Å². The first-order valence-corrected chi connectivity index (χ1v) is 11.0. The van der Waals surface area contributed by atoms with Crippen LogP contribution < -0.4 is 4.74 Å². The highest BCUT2D eigenvalue weighted by Crippen LogP contribution is 2.43. The third kappa shape index (κ3) is 4.57. The van der Waals surface area contributed by atoms with Gasteiger partial charge in [-0.25, -0.2) is 9.18 Å². The van der Waals surface area contributed by atoms with Gasteiger partial charge in [-0.1, -0.05) is 45.4 Å². The lowest BCUT2D eigenvalue weighted by Crippen LogP contribution is -2.03. The predicted octanol–water partition coefficient (Wildman–Crippen LogP) is 7.50. The Kier molecular flexibility index (Phi) is 6.93. The number of ether oxygens (including phenoxy) is 1. The summed E-state index contributed by atoms with van der Waals surface area (Å²) in [6.45, 7) is 8.66. The van der Waals surface area contributed by atoms with Crippen LogP contribution in [0.25, 0.3) is 26.8 Å². The van der Waals surface area contributed by atoms with Crippen molar-refractivity contribution in [2.45, 2.75) is 46.5 Å². The van der Waals surface area contributed by atoms with Crippen LogP contribution in [-0.4, -0.2) is 17.7 Å². The number of carboxylic acid groups (broad SMARTS) is 1. The Morgan fingerprint density at radius 2 is 2.03 bits per heavy atom. The van der Waals surface area contributed by atoms with Gasteiger partial charge in [0.2, 0.25) is 0 Å². The number of rotatable bonds is 8. The molecule has 0 bridgehead atoms. The number of hydrogen-bond donors (Lipinski definition) is 1. The summed E-state index contributed by atoms with van der Waals surface area (Å²) in [7, 11) is 0. The zero-order chi connectivity index (χ0) is 21.8. The number of para-hydroxylation sites is 1. The van der Waals surface area contributed by atoms with Crippen LogP contribution in [0.1, 0.15) is 56.9 Å². The van der Waals surface area contributed by atoms with Crippen molar-refractivity contribution in [2.75, 3.05) is 6.61 Å². The van der Waals surface area contributed by atoms with Crippen molar-refractivity contribution in [1.29, 1.82) is 0 Å². The van der Waals surface area contributed by atoms with Gasteiger partial charge in [0.1, 0.15) is 11.6 Å². The number of hydrogen-bond acceptors (Lipinski definition) is 3. The van der Waals surface area contributed by atoms with Crippen LogP contribution in [0, 0.1) is 5.82 Å². The molecule has 0 unspecified atom stereocenters. The molecule has 30 heavy (non-hydrogen) atoms. The number of halogens is 1. The van der Waals surface area contributed by atoms with Gasteiger partial charge in [0.05, 0.1) is 6.61 Å². The smallest absolute Gasteiger partial charge is 0.328 e. The molecule has 0 aliphatic heterocycles. The molecule has 158 valence electrons. The number of carbonyl (C=O) groups is 1. The number of allylic oxidation sites excluding steroid dienone is 1. The van der Waals surface area contributed by atoms with E-state index in [4.69, 9.17) is 9.84 Å². The summed E-state index contributed by atoms with van der Waals surface area (Å²) < 4.78 is 22.3. The van der Waals surface area contributed by atoms with Crippen molar-refractivity contribution in [2.24, 2.45) is 0 Å². The monoisotopic (exact) mass is 426 g/mol. The third-order valence-corrected chi connectivity index (χ3v) is 6.30. The molecule has 0 aliphatic rings. The largest absolute Gasteiger partial charge is 0.493 e. The van der Waals surface area contributed by atoms with Gasteiger partial charge in [0, 0.05) is 32.2 Å². The Morgan fingerprint density at radius 1 is 1.27 bits per heavy atom. The van der Waals surface area contributed by atoms with E-state index >= 15 is 4.39 Å². The van der Waals surface area contributed by atoms with Gasteiger partial charge in [0.15, 0.2) is 0 Å². The van der Waals surface area contributed by atoms with Crippen molar-refractivity contribution in [3.05, 3.63) is 58.7 Å². The third-order valence-electron chi connectivity index (χ3n) is 5.06. The highest BCUT2D eigenvalue weighted by atomic mass is 32.1. The SMILES string of the molecule is CCCCOc1c(-c2c(F)ccc3sc(/C(C)=C/C(=O)O)cc23)cccc1C(C)C. The maximum atomic E-state index is 15.2. The average molecular weight is 427 g/mol. The predicted molar refractivity (Wildman–Crippen MR) is 123 cm³/mol. The van der Waals surface area contributed by atoms with E-state index in [1.165, 1.54) is 23.5 Å². The highest BCUT2D eigenvalue weighted by Gasteiger charge is 2.20. The Morgan fingerprint density at radius 3 is 2.70 bits per heavy atom. The molecule has 0 aliphatic carbocycles. The van der Waals surface area contributed by atoms with Gasteiger partial charge in [-0.2, -0.15) is 0 Å². The highest BCUT2D eigenvalue weighted by molar-refractivity contribution is 7.20. The number of aliphatic carboxylic acids is 1. The van der Waals surface area contributed by atoms with Gasteiger partial charge in [-0.05, 0) is 48.6 Å². The first-order chi connectivity index (χ1) is 14.3. The Balaban J connectivity index is 2.23. The van der Waals surface area contributed by atoms with E-state index < -0.39 is 5.97 Å². The lowest BCUT2D eigenvalue weighted by Gasteiger charge is -2.19. The lowest BCUT2D eigenvalue weighted by atomic mass is 9.93. The van der Waals surface area contributed by atoms with Gasteiger partial charge in [0.25, 0.3) is 0 Å². The van der Waals surface area contributed by atoms with Crippen LogP contribution in [0.4, 0.5) is 4.39 Å². The average Bonchev–Trinajstić information content (AvgIpc) is 3.12. The lowest BCUT2D eigenvalue weighted by molar-refractivity contribution is -0.131. The molecule has 5 heteroatoms. The number of carboxylic acids is 1. The Labute approximate surface area is 180 Å². The van der Waals surface area contributed by atoms with E-state index in [0.29, 0.717) is 17.7 Å². The minimum Gasteiger partial charge on any atom is -0.493 e. The van der Waals surface area contributed by atoms with Crippen LogP contribution in [-0.2, 0) is 4.79 Å². The fourth-order valence-electron chi connectivity index (χ4n) is 3.50. The number of fused-ring (bicyclic) bond motifs is 1. The van der Waals surface area contributed by atoms with Crippen LogP contribution in [0.2, 0.25) is 0 Å². The molecule has 1 heterocycles. The van der Waals surface area contributed by atoms with E-state index in [2.05, 4.69) is 20.8 Å². The van der Waals surface area contributed by atoms with Crippen molar-refractivity contribution >= 4 is 33.0 Å². The van der Waals surface area contributed by atoms with Crippen molar-refractivity contribution in [1.82, 2.24) is 0 Å². The zero-order valence-corrected chi connectivity index (χ0v) is 18.6. The molecule has 0 saturated heterocycles. The molecule has 0 fully saturated rings. The second kappa shape index (κ2) is 9.43. The summed E-state index contributed by atoms with van der Waals surface area (Å²) in [6, 6.07) is 11.0. The fourth-order valence-corrected chi connectivity index (χ4v) is 4.54. The molecule has 0 saturated carbocycles. The van der Waals surface area contributed by atoms with Crippen molar-refractivity contribution in [3.8, 4) is 16.9 Å². The van der Waals surface area contributed by atoms with Crippen molar-refractivity contribution in [3.63, 3.8) is 0 Å². The first kappa shape index (κ1) is 22.0. The number of thiophene rings is 1. The maximum absolute atomic E-state index is 15.2. The molecule has 3 aromatic rings. The van der Waals surface area contributed by atoms with E-state index in [9.17, 15) is 4.79 Å². The number of benzene rings is 2. The topological polar surface area (TPSA) is 46.5 Å². The Bertz CT molecular complexity index is 1100. The molecule has 0 spiro atoms. The number of unbranched alkanes of at least 4 members (excludes halogenated alkanes) is 1. The second-order valence-corrected chi connectivity index (χ2v) is 8.77. The van der Waals surface area contributed by atoms with E-state index in [-0.39, 0.29) is 11.7 Å². The Hall–Kier alpha value is -2.66. The molecule has 0 atom stereocenters. The minimum atomic E-state index is -0.993. The molecule has 0 amide bonds. The molecular weight excluding hydrogens is 399 g/mol.